The number of carbonyl (C=O) groups excluding carboxylic acids is 2. The largest absolute Gasteiger partial charge is 0.417 e. The van der Waals surface area contributed by atoms with Gasteiger partial charge in [-0.25, -0.2) is 0 Å². The maximum Gasteiger partial charge on any atom is 0.208 e. The van der Waals surface area contributed by atoms with Crippen molar-refractivity contribution in [3.63, 3.8) is 0 Å². The summed E-state index contributed by atoms with van der Waals surface area (Å²) in [4.78, 5) is 24.7. The van der Waals surface area contributed by atoms with E-state index in [0.29, 0.717) is 18.4 Å². The molecule has 1 saturated carbocycles. The van der Waals surface area contributed by atoms with Crippen molar-refractivity contribution in [1.82, 2.24) is 0 Å². The van der Waals surface area contributed by atoms with Gasteiger partial charge in [0.15, 0.2) is 8.32 Å². The van der Waals surface area contributed by atoms with E-state index in [1.165, 1.54) is 0 Å². The molecular weight excluding hydrogens is 316 g/mol. The minimum Gasteiger partial charge on any atom is -0.417 e. The molecule has 136 valence electrons. The van der Waals surface area contributed by atoms with Crippen LogP contribution in [0.1, 0.15) is 48.0 Å². The molecule has 4 heteroatoms. The zero-order valence-corrected chi connectivity index (χ0v) is 17.6. The first-order valence-corrected chi connectivity index (χ1v) is 12.1. The third-order valence-corrected chi connectivity index (χ3v) is 11.2. The second kappa shape index (κ2) is 6.21. The smallest absolute Gasteiger partial charge is 0.208 e. The molecule has 0 spiro atoms. The van der Waals surface area contributed by atoms with Gasteiger partial charge in [0.25, 0.3) is 0 Å². The quantitative estimate of drug-likeness (QED) is 0.412. The Bertz CT molecular complexity index is 556. The molecule has 1 fully saturated rings. The van der Waals surface area contributed by atoms with Gasteiger partial charge in [-0.05, 0) is 49.2 Å². The Balaban J connectivity index is 2.20. The van der Waals surface area contributed by atoms with Crippen LogP contribution >= 0.6 is 0 Å². The molecule has 2 bridgehead atoms. The summed E-state index contributed by atoms with van der Waals surface area (Å²) < 4.78 is 6.49. The summed E-state index contributed by atoms with van der Waals surface area (Å²) in [6, 6.07) is 0. The van der Waals surface area contributed by atoms with Gasteiger partial charge in [-0.15, -0.1) is 0 Å². The van der Waals surface area contributed by atoms with Gasteiger partial charge in [-0.3, -0.25) is 9.59 Å². The predicted octanol–water partition coefficient (Wildman–Crippen LogP) is 4.63. The molecule has 0 N–H and O–H groups in total. The number of allylic oxidation sites excluding steroid dienone is 2. The zero-order chi connectivity index (χ0) is 18.5. The molecule has 3 nitrogen and oxygen atoms in total. The highest BCUT2D eigenvalue weighted by Crippen LogP contribution is 2.49. The molecule has 3 unspecified atom stereocenters. The molecular formula is C20H34O3Si. The van der Waals surface area contributed by atoms with Gasteiger partial charge in [0.05, 0.1) is 5.41 Å². The van der Waals surface area contributed by atoms with E-state index in [9.17, 15) is 9.59 Å². The van der Waals surface area contributed by atoms with Crippen LogP contribution in [0.15, 0.2) is 12.2 Å². The van der Waals surface area contributed by atoms with E-state index in [1.54, 1.807) is 0 Å². The van der Waals surface area contributed by atoms with Crippen LogP contribution in [0.2, 0.25) is 18.1 Å². The van der Waals surface area contributed by atoms with Gasteiger partial charge in [0, 0.05) is 12.5 Å². The van der Waals surface area contributed by atoms with E-state index in [2.05, 4.69) is 47.7 Å². The van der Waals surface area contributed by atoms with Gasteiger partial charge in [0.2, 0.25) is 11.6 Å². The van der Waals surface area contributed by atoms with Gasteiger partial charge < -0.3 is 4.43 Å². The van der Waals surface area contributed by atoms with Crippen molar-refractivity contribution < 1.29 is 14.0 Å². The van der Waals surface area contributed by atoms with Crippen LogP contribution in [0.4, 0.5) is 0 Å². The lowest BCUT2D eigenvalue weighted by atomic mass is 9.56. The molecule has 4 atom stereocenters. The fourth-order valence-corrected chi connectivity index (χ4v) is 4.82. The fourth-order valence-electron chi connectivity index (χ4n) is 3.78. The first-order valence-electron chi connectivity index (χ1n) is 9.22. The zero-order valence-electron chi connectivity index (χ0n) is 16.6. The number of carbonyl (C=O) groups is 2. The van der Waals surface area contributed by atoms with Crippen LogP contribution in [0.3, 0.4) is 0 Å². The van der Waals surface area contributed by atoms with E-state index in [4.69, 9.17) is 4.43 Å². The topological polar surface area (TPSA) is 43.4 Å². The Hall–Kier alpha value is -0.743. The van der Waals surface area contributed by atoms with Crippen LogP contribution in [0.5, 0.6) is 0 Å². The molecule has 0 heterocycles. The summed E-state index contributed by atoms with van der Waals surface area (Å²) in [5.41, 5.74) is -0.597. The Kier molecular flexibility index (Phi) is 5.06. The van der Waals surface area contributed by atoms with Crippen molar-refractivity contribution in [2.45, 2.75) is 66.1 Å². The normalized spacial score (nSPS) is 31.9. The molecule has 0 aromatic carbocycles. The Labute approximate surface area is 148 Å². The molecule has 3 aliphatic rings. The lowest BCUT2D eigenvalue weighted by Crippen LogP contribution is -2.53. The molecule has 0 radical (unpaired) electrons. The summed E-state index contributed by atoms with van der Waals surface area (Å²) >= 11 is 0. The van der Waals surface area contributed by atoms with E-state index in [-0.39, 0.29) is 28.4 Å². The van der Waals surface area contributed by atoms with Crippen molar-refractivity contribution in [2.24, 2.45) is 29.1 Å². The third-order valence-electron chi connectivity index (χ3n) is 6.69. The van der Waals surface area contributed by atoms with Crippen LogP contribution < -0.4 is 0 Å². The van der Waals surface area contributed by atoms with Crippen molar-refractivity contribution >= 4 is 19.9 Å². The molecule has 3 aliphatic carbocycles. The van der Waals surface area contributed by atoms with Crippen LogP contribution in [-0.4, -0.2) is 26.5 Å². The summed E-state index contributed by atoms with van der Waals surface area (Å²) in [6.45, 7) is 18.3. The Morgan fingerprint density at radius 3 is 2.33 bits per heavy atom. The first-order chi connectivity index (χ1) is 10.8. The minimum atomic E-state index is -1.82. The molecule has 0 aromatic heterocycles. The molecule has 24 heavy (non-hydrogen) atoms. The fraction of sp³-hybridized carbons (Fsp3) is 0.800. The number of ketones is 2. The second-order valence-corrected chi connectivity index (χ2v) is 14.7. The first kappa shape index (κ1) is 19.6. The number of hydrogen-bond donors (Lipinski definition) is 0. The summed E-state index contributed by atoms with van der Waals surface area (Å²) in [5.74, 6) is 0.336. The molecule has 0 aromatic rings. The SMILES string of the molecule is CC(C)[C@@H](CO[Si](C)(C)C(C)(C)C)C1CC2(C)C=CC1C(=O)C2=O. The average Bonchev–Trinajstić information content (AvgIpc) is 2.43. The molecule has 0 amide bonds. The highest BCUT2D eigenvalue weighted by atomic mass is 28.4. The minimum absolute atomic E-state index is 0.178. The monoisotopic (exact) mass is 350 g/mol. The van der Waals surface area contributed by atoms with Crippen molar-refractivity contribution in [3.05, 3.63) is 12.2 Å². The highest BCUT2D eigenvalue weighted by molar-refractivity contribution is 6.74. The van der Waals surface area contributed by atoms with E-state index >= 15 is 0 Å². The lowest BCUT2D eigenvalue weighted by Gasteiger charge is -2.47. The van der Waals surface area contributed by atoms with Gasteiger partial charge >= 0.3 is 0 Å². The van der Waals surface area contributed by atoms with Gasteiger partial charge in [-0.2, -0.15) is 0 Å². The Morgan fingerprint density at radius 2 is 1.88 bits per heavy atom. The summed E-state index contributed by atoms with van der Waals surface area (Å²) in [7, 11) is -1.82. The van der Waals surface area contributed by atoms with Crippen molar-refractivity contribution in [2.75, 3.05) is 6.61 Å². The van der Waals surface area contributed by atoms with E-state index in [1.807, 2.05) is 19.1 Å². The average molecular weight is 351 g/mol. The maximum atomic E-state index is 12.5. The van der Waals surface area contributed by atoms with Gasteiger partial charge in [0.1, 0.15) is 0 Å². The highest BCUT2D eigenvalue weighted by Gasteiger charge is 2.53. The summed E-state index contributed by atoms with van der Waals surface area (Å²) in [6.07, 6.45) is 4.73. The van der Waals surface area contributed by atoms with Crippen LogP contribution in [0.25, 0.3) is 0 Å². The van der Waals surface area contributed by atoms with Crippen molar-refractivity contribution in [1.29, 1.82) is 0 Å². The third kappa shape index (κ3) is 3.32. The molecule has 0 aliphatic heterocycles. The predicted molar refractivity (Wildman–Crippen MR) is 100 cm³/mol. The molecule has 0 saturated heterocycles. The van der Waals surface area contributed by atoms with Crippen molar-refractivity contribution in [3.8, 4) is 0 Å². The van der Waals surface area contributed by atoms with Crippen LogP contribution in [0, 0.1) is 29.1 Å². The lowest BCUT2D eigenvalue weighted by molar-refractivity contribution is -0.149. The number of Topliss-reactive ketones (excluding diaryl/α,β-unsaturated/α-hetero) is 2. The molecule has 3 rings (SSSR count). The number of hydrogen-bond acceptors (Lipinski definition) is 3. The standard InChI is InChI=1S/C20H34O3Si/c1-13(2)16(12-23-24(7,8)19(3,4)5)15-11-20(6)10-9-14(15)17(21)18(20)22/h9-10,13-16H,11-12H2,1-8H3/t14?,15?,16-,20?/m1/s1. The van der Waals surface area contributed by atoms with E-state index in [0.717, 1.165) is 6.42 Å². The van der Waals surface area contributed by atoms with Crippen LogP contribution in [-0.2, 0) is 14.0 Å². The summed E-state index contributed by atoms with van der Waals surface area (Å²) in [5, 5.41) is 0.178. The van der Waals surface area contributed by atoms with Gasteiger partial charge in [-0.1, -0.05) is 46.8 Å². The number of rotatable bonds is 5. The Morgan fingerprint density at radius 1 is 1.29 bits per heavy atom. The van der Waals surface area contributed by atoms with E-state index < -0.39 is 13.7 Å². The second-order valence-electron chi connectivity index (χ2n) is 9.84. The maximum absolute atomic E-state index is 12.5. The number of fused-ring (bicyclic) bond motifs is 2.